The van der Waals surface area contributed by atoms with Crippen LogP contribution in [0.4, 0.5) is 0 Å². The first-order chi connectivity index (χ1) is 20.0. The van der Waals surface area contributed by atoms with E-state index in [0.717, 1.165) is 93.7 Å². The molecule has 41 heavy (non-hydrogen) atoms. The van der Waals surface area contributed by atoms with E-state index in [2.05, 4.69) is 56.6 Å². The standard InChI is InChI=1S/C33H45N5O3/c1-37-15-13-32(24-39,14-16-37)22-25-5-7-26(8-6-25)30-28-21-27(9-10-29(28)35-36-30)31(40)34-23-33(11-3-2-4-12-33)38-17-19-41-20-18-38/h5-10,21,39H,2-4,11-20,22-24H2,1H3,(H,34,40)(H,35,36). The van der Waals surface area contributed by atoms with Crippen molar-refractivity contribution in [2.75, 3.05) is 59.6 Å². The molecule has 1 saturated carbocycles. The van der Waals surface area contributed by atoms with Crippen molar-refractivity contribution in [2.45, 2.75) is 56.9 Å². The molecule has 0 unspecified atom stereocenters. The van der Waals surface area contributed by atoms with Gasteiger partial charge in [0.15, 0.2) is 0 Å². The first-order valence-electron chi connectivity index (χ1n) is 15.5. The molecule has 3 aromatic rings. The molecule has 8 nitrogen and oxygen atoms in total. The van der Waals surface area contributed by atoms with Gasteiger partial charge in [0.25, 0.3) is 5.91 Å². The Morgan fingerprint density at radius 3 is 2.44 bits per heavy atom. The molecule has 0 spiro atoms. The lowest BCUT2D eigenvalue weighted by molar-refractivity contribution is -0.0361. The van der Waals surface area contributed by atoms with E-state index in [1.54, 1.807) is 0 Å². The molecule has 220 valence electrons. The molecule has 3 N–H and O–H groups in total. The topological polar surface area (TPSA) is 93.7 Å². The molecule has 6 rings (SSSR count). The molecule has 3 aliphatic rings. The lowest BCUT2D eigenvalue weighted by atomic mass is 9.74. The van der Waals surface area contributed by atoms with Crippen LogP contribution in [-0.2, 0) is 11.2 Å². The normalized spacial score (nSPS) is 21.6. The average molecular weight is 560 g/mol. The van der Waals surface area contributed by atoms with Gasteiger partial charge in [-0.1, -0.05) is 43.5 Å². The maximum absolute atomic E-state index is 13.4. The number of aliphatic hydroxyl groups is 1. The molecular formula is C33H45N5O3. The SMILES string of the molecule is CN1CCC(CO)(Cc2ccc(-c3n[nH]c4ccc(C(=O)NCC5(N6CCOCC6)CCCCC5)cc34)cc2)CC1. The molecule has 2 aliphatic heterocycles. The Balaban J connectivity index is 1.16. The number of hydrogen-bond donors (Lipinski definition) is 3. The molecule has 2 saturated heterocycles. The number of aromatic amines is 1. The Labute approximate surface area is 243 Å². The third-order valence-electron chi connectivity index (χ3n) is 10.1. The Morgan fingerprint density at radius 1 is 1.00 bits per heavy atom. The number of nitrogens with one attached hydrogen (secondary N) is 2. The van der Waals surface area contributed by atoms with Gasteiger partial charge in [0.1, 0.15) is 0 Å². The number of benzene rings is 2. The van der Waals surface area contributed by atoms with E-state index in [4.69, 9.17) is 4.74 Å². The van der Waals surface area contributed by atoms with Gasteiger partial charge in [-0.05, 0) is 81.4 Å². The molecule has 0 atom stereocenters. The number of carbonyl (C=O) groups is 1. The van der Waals surface area contributed by atoms with Crippen LogP contribution < -0.4 is 5.32 Å². The molecule has 0 bridgehead atoms. The highest BCUT2D eigenvalue weighted by molar-refractivity contribution is 6.01. The van der Waals surface area contributed by atoms with Gasteiger partial charge in [-0.15, -0.1) is 0 Å². The zero-order valence-corrected chi connectivity index (χ0v) is 24.5. The third kappa shape index (κ3) is 6.07. The highest BCUT2D eigenvalue weighted by atomic mass is 16.5. The number of H-pyrrole nitrogens is 1. The Kier molecular flexibility index (Phi) is 8.45. The fourth-order valence-electron chi connectivity index (χ4n) is 7.27. The van der Waals surface area contributed by atoms with Gasteiger partial charge in [-0.3, -0.25) is 14.8 Å². The number of ether oxygens (including phenoxy) is 1. The van der Waals surface area contributed by atoms with Gasteiger partial charge < -0.3 is 20.1 Å². The lowest BCUT2D eigenvalue weighted by Gasteiger charge is -2.48. The number of rotatable bonds is 8. The van der Waals surface area contributed by atoms with Crippen LogP contribution >= 0.6 is 0 Å². The van der Waals surface area contributed by atoms with Crippen molar-refractivity contribution in [1.82, 2.24) is 25.3 Å². The predicted octanol–water partition coefficient (Wildman–Crippen LogP) is 4.24. The number of amides is 1. The summed E-state index contributed by atoms with van der Waals surface area (Å²) in [5, 5.41) is 22.2. The minimum absolute atomic E-state index is 0.0277. The van der Waals surface area contributed by atoms with E-state index in [1.165, 1.54) is 24.8 Å². The van der Waals surface area contributed by atoms with Crippen molar-refractivity contribution in [1.29, 1.82) is 0 Å². The van der Waals surface area contributed by atoms with Crippen molar-refractivity contribution >= 4 is 16.8 Å². The van der Waals surface area contributed by atoms with E-state index < -0.39 is 0 Å². The van der Waals surface area contributed by atoms with Crippen LogP contribution in [0.25, 0.3) is 22.2 Å². The van der Waals surface area contributed by atoms with Crippen molar-refractivity contribution in [2.24, 2.45) is 5.41 Å². The van der Waals surface area contributed by atoms with E-state index >= 15 is 0 Å². The van der Waals surface area contributed by atoms with Crippen molar-refractivity contribution in [3.05, 3.63) is 53.6 Å². The minimum Gasteiger partial charge on any atom is -0.396 e. The largest absolute Gasteiger partial charge is 0.396 e. The zero-order chi connectivity index (χ0) is 28.3. The first kappa shape index (κ1) is 28.3. The van der Waals surface area contributed by atoms with Crippen LogP contribution in [0.1, 0.15) is 60.9 Å². The number of likely N-dealkylation sites (tertiary alicyclic amines) is 1. The fourth-order valence-corrected chi connectivity index (χ4v) is 7.27. The Morgan fingerprint density at radius 2 is 1.73 bits per heavy atom. The number of piperidine rings is 1. The molecule has 0 radical (unpaired) electrons. The third-order valence-corrected chi connectivity index (χ3v) is 10.1. The second-order valence-corrected chi connectivity index (χ2v) is 12.7. The molecule has 3 fully saturated rings. The van der Waals surface area contributed by atoms with E-state index in [-0.39, 0.29) is 23.5 Å². The van der Waals surface area contributed by atoms with Crippen LogP contribution in [0.3, 0.4) is 0 Å². The summed E-state index contributed by atoms with van der Waals surface area (Å²) in [5.74, 6) is -0.0277. The summed E-state index contributed by atoms with van der Waals surface area (Å²) in [6.45, 7) is 6.39. The van der Waals surface area contributed by atoms with Crippen LogP contribution in [0.15, 0.2) is 42.5 Å². The lowest BCUT2D eigenvalue weighted by Crippen LogP contribution is -2.59. The van der Waals surface area contributed by atoms with Gasteiger partial charge in [-0.2, -0.15) is 5.10 Å². The molecule has 3 heterocycles. The van der Waals surface area contributed by atoms with E-state index in [1.807, 2.05) is 18.2 Å². The summed E-state index contributed by atoms with van der Waals surface area (Å²) in [4.78, 5) is 18.3. The maximum atomic E-state index is 13.4. The number of carbonyl (C=O) groups excluding carboxylic acids is 1. The number of morpholine rings is 1. The Hall–Kier alpha value is -2.78. The summed E-state index contributed by atoms with van der Waals surface area (Å²) >= 11 is 0. The summed E-state index contributed by atoms with van der Waals surface area (Å²) in [6, 6.07) is 14.4. The number of aliphatic hydroxyl groups excluding tert-OH is 1. The number of nitrogens with zero attached hydrogens (tertiary/aromatic N) is 3. The molecule has 8 heteroatoms. The van der Waals surface area contributed by atoms with Gasteiger partial charge in [0.05, 0.1) is 24.4 Å². The number of aromatic nitrogens is 2. The highest BCUT2D eigenvalue weighted by Crippen LogP contribution is 2.36. The van der Waals surface area contributed by atoms with Gasteiger partial charge in [0.2, 0.25) is 0 Å². The van der Waals surface area contributed by atoms with Crippen molar-refractivity contribution in [3.63, 3.8) is 0 Å². The summed E-state index contributed by atoms with van der Waals surface area (Å²) in [6.07, 6.45) is 8.89. The second-order valence-electron chi connectivity index (χ2n) is 12.7. The molecule has 2 aromatic carbocycles. The van der Waals surface area contributed by atoms with E-state index in [9.17, 15) is 9.90 Å². The van der Waals surface area contributed by atoms with Gasteiger partial charge in [-0.25, -0.2) is 0 Å². The second kappa shape index (κ2) is 12.2. The smallest absolute Gasteiger partial charge is 0.251 e. The fraction of sp³-hybridized carbons (Fsp3) is 0.576. The minimum atomic E-state index is -0.0344. The van der Waals surface area contributed by atoms with Crippen LogP contribution in [0, 0.1) is 5.41 Å². The summed E-state index contributed by atoms with van der Waals surface area (Å²) in [7, 11) is 2.15. The monoisotopic (exact) mass is 559 g/mol. The van der Waals surface area contributed by atoms with Gasteiger partial charge in [0, 0.05) is 48.3 Å². The molecular weight excluding hydrogens is 514 g/mol. The van der Waals surface area contributed by atoms with Crippen molar-refractivity contribution in [3.8, 4) is 11.3 Å². The molecule has 1 amide bonds. The Bertz CT molecular complexity index is 1320. The van der Waals surface area contributed by atoms with Crippen LogP contribution in [0.5, 0.6) is 0 Å². The van der Waals surface area contributed by atoms with Gasteiger partial charge >= 0.3 is 0 Å². The highest BCUT2D eigenvalue weighted by Gasteiger charge is 2.39. The predicted molar refractivity (Wildman–Crippen MR) is 162 cm³/mol. The van der Waals surface area contributed by atoms with E-state index in [0.29, 0.717) is 12.1 Å². The maximum Gasteiger partial charge on any atom is 0.251 e. The quantitative estimate of drug-likeness (QED) is 0.382. The zero-order valence-electron chi connectivity index (χ0n) is 24.5. The molecule has 1 aliphatic carbocycles. The van der Waals surface area contributed by atoms with Crippen LogP contribution in [0.2, 0.25) is 0 Å². The average Bonchev–Trinajstić information content (AvgIpc) is 3.46. The van der Waals surface area contributed by atoms with Crippen LogP contribution in [-0.4, -0.2) is 96.1 Å². The number of fused-ring (bicyclic) bond motifs is 1. The molecule has 1 aromatic heterocycles. The summed E-state index contributed by atoms with van der Waals surface area (Å²) < 4.78 is 5.62. The first-order valence-corrected chi connectivity index (χ1v) is 15.5. The summed E-state index contributed by atoms with van der Waals surface area (Å²) in [5.41, 5.74) is 4.70. The van der Waals surface area contributed by atoms with Crippen molar-refractivity contribution < 1.29 is 14.6 Å². The number of hydrogen-bond acceptors (Lipinski definition) is 6.